The van der Waals surface area contributed by atoms with Gasteiger partial charge in [0.1, 0.15) is 22.4 Å². The van der Waals surface area contributed by atoms with Crippen molar-refractivity contribution in [3.05, 3.63) is 54.0 Å². The fourth-order valence-corrected chi connectivity index (χ4v) is 8.03. The van der Waals surface area contributed by atoms with Crippen LogP contribution >= 0.6 is 11.3 Å². The van der Waals surface area contributed by atoms with Crippen LogP contribution in [0.25, 0.3) is 20.8 Å². The maximum absolute atomic E-state index is 13.0. The fourth-order valence-electron chi connectivity index (χ4n) is 5.30. The van der Waals surface area contributed by atoms with E-state index < -0.39 is 34.0 Å². The summed E-state index contributed by atoms with van der Waals surface area (Å²) in [5.41, 5.74) is 3.32. The average molecular weight is 567 g/mol. The van der Waals surface area contributed by atoms with E-state index in [1.54, 1.807) is 37.4 Å². The normalized spacial score (nSPS) is 23.3. The Balaban J connectivity index is 1.32. The van der Waals surface area contributed by atoms with E-state index in [1.165, 1.54) is 11.3 Å². The summed E-state index contributed by atoms with van der Waals surface area (Å²) in [4.78, 5) is 19.0. The van der Waals surface area contributed by atoms with Crippen molar-refractivity contribution in [1.82, 2.24) is 19.9 Å². The van der Waals surface area contributed by atoms with Gasteiger partial charge in [0, 0.05) is 25.1 Å². The predicted molar refractivity (Wildman–Crippen MR) is 151 cm³/mol. The molecule has 0 radical (unpaired) electrons. The summed E-state index contributed by atoms with van der Waals surface area (Å²) in [6.45, 7) is 1.88. The van der Waals surface area contributed by atoms with Gasteiger partial charge < -0.3 is 20.8 Å². The lowest BCUT2D eigenvalue weighted by Gasteiger charge is -2.21. The number of rotatable bonds is 8. The number of fused-ring (bicyclic) bond motifs is 1. The Morgan fingerprint density at radius 3 is 2.54 bits per heavy atom. The Hall–Kier alpha value is -3.19. The van der Waals surface area contributed by atoms with Gasteiger partial charge >= 0.3 is 0 Å². The second-order valence-corrected chi connectivity index (χ2v) is 13.3. The summed E-state index contributed by atoms with van der Waals surface area (Å²) in [6, 6.07) is 9.51. The van der Waals surface area contributed by atoms with Crippen molar-refractivity contribution in [2.24, 2.45) is 5.92 Å². The lowest BCUT2D eigenvalue weighted by Crippen LogP contribution is -2.36. The van der Waals surface area contributed by atoms with Crippen LogP contribution in [0.4, 0.5) is 11.8 Å². The average Bonchev–Trinajstić information content (AvgIpc) is 3.63. The third-order valence-electron chi connectivity index (χ3n) is 7.49. The first kappa shape index (κ1) is 26.1. The number of nitrogens with zero attached hydrogens (tertiary/aromatic N) is 4. The quantitative estimate of drug-likeness (QED) is 0.250. The van der Waals surface area contributed by atoms with Crippen molar-refractivity contribution in [2.45, 2.75) is 55.2 Å². The van der Waals surface area contributed by atoms with Crippen molar-refractivity contribution in [1.29, 1.82) is 0 Å². The van der Waals surface area contributed by atoms with Crippen molar-refractivity contribution >= 4 is 43.2 Å². The number of hydrogen-bond acceptors (Lipinski definition) is 11. The zero-order valence-electron chi connectivity index (χ0n) is 21.6. The molecule has 4 atom stereocenters. The van der Waals surface area contributed by atoms with Crippen molar-refractivity contribution < 1.29 is 18.6 Å². The predicted octanol–water partition coefficient (Wildman–Crippen LogP) is 3.37. The maximum atomic E-state index is 13.0. The van der Waals surface area contributed by atoms with Gasteiger partial charge in [-0.2, -0.15) is 4.98 Å². The Labute approximate surface area is 230 Å². The van der Waals surface area contributed by atoms with E-state index in [2.05, 4.69) is 25.6 Å². The molecule has 2 fully saturated rings. The molecule has 39 heavy (non-hydrogen) atoms. The molecule has 10 nitrogen and oxygen atoms in total. The van der Waals surface area contributed by atoms with Crippen LogP contribution in [-0.2, 0) is 9.84 Å². The number of aliphatic hydroxyl groups excluding tert-OH is 2. The standard InChI is InChI=1S/C27H30N6O4S2/c1-14-20(26-32-22-19(38-26)10-11-29-21(22)15-8-9-15)25(33-27(28-2)30-14)31-18-12-16(23(34)24(18)35)13-39(36,37)17-6-4-3-5-7-17/h3-7,10-11,15-16,18,23-24,34-35H,8-9,12-13H2,1-2H3,(H2,28,30,31,33)/t16-,18-,23-,24+/m1/s1. The topological polar surface area (TPSA) is 150 Å². The number of sulfone groups is 1. The highest BCUT2D eigenvalue weighted by Crippen LogP contribution is 2.44. The Kier molecular flexibility index (Phi) is 6.74. The first-order valence-electron chi connectivity index (χ1n) is 13.0. The van der Waals surface area contributed by atoms with Gasteiger partial charge in [-0.05, 0) is 44.4 Å². The van der Waals surface area contributed by atoms with Gasteiger partial charge in [0.2, 0.25) is 5.95 Å². The Bertz CT molecular complexity index is 1620. The van der Waals surface area contributed by atoms with Crippen LogP contribution < -0.4 is 10.6 Å². The van der Waals surface area contributed by atoms with E-state index >= 15 is 0 Å². The molecule has 6 rings (SSSR count). The number of aromatic nitrogens is 4. The van der Waals surface area contributed by atoms with E-state index in [-0.39, 0.29) is 17.1 Å². The molecule has 0 unspecified atom stereocenters. The van der Waals surface area contributed by atoms with Crippen LogP contribution in [0.5, 0.6) is 0 Å². The third kappa shape index (κ3) is 4.97. The smallest absolute Gasteiger partial charge is 0.224 e. The molecule has 2 saturated carbocycles. The van der Waals surface area contributed by atoms with Gasteiger partial charge in [-0.1, -0.05) is 18.2 Å². The van der Waals surface area contributed by atoms with Crippen LogP contribution in [0, 0.1) is 12.8 Å². The molecule has 2 aliphatic rings. The summed E-state index contributed by atoms with van der Waals surface area (Å²) < 4.78 is 27.0. The lowest BCUT2D eigenvalue weighted by molar-refractivity contribution is 0.0216. The number of hydrogen-bond donors (Lipinski definition) is 4. The van der Waals surface area contributed by atoms with E-state index in [0.29, 0.717) is 28.9 Å². The molecule has 1 aromatic carbocycles. The second kappa shape index (κ2) is 10.1. The first-order valence-corrected chi connectivity index (χ1v) is 15.4. The minimum absolute atomic E-state index is 0.200. The highest BCUT2D eigenvalue weighted by atomic mass is 32.2. The monoisotopic (exact) mass is 566 g/mol. The van der Waals surface area contributed by atoms with Crippen LogP contribution in [0.15, 0.2) is 47.5 Å². The zero-order chi connectivity index (χ0) is 27.3. The van der Waals surface area contributed by atoms with Crippen LogP contribution in [0.1, 0.15) is 36.6 Å². The molecular weight excluding hydrogens is 536 g/mol. The SMILES string of the molecule is CNc1nc(C)c(-c2nc3c(C4CC4)nccc3s2)c(N[C@@H]2C[C@H](CS(=O)(=O)c3ccccc3)[C@@H](O)[C@H]2O)n1. The molecule has 0 aliphatic heterocycles. The summed E-state index contributed by atoms with van der Waals surface area (Å²) in [6.07, 6.45) is 1.93. The molecule has 4 N–H and O–H groups in total. The molecule has 3 aromatic heterocycles. The number of benzene rings is 1. The summed E-state index contributed by atoms with van der Waals surface area (Å²) in [5, 5.41) is 28.8. The number of thiazole rings is 1. The minimum Gasteiger partial charge on any atom is -0.390 e. The molecule has 0 bridgehead atoms. The van der Waals surface area contributed by atoms with Crippen molar-refractivity contribution in [3.8, 4) is 10.6 Å². The van der Waals surface area contributed by atoms with E-state index in [1.807, 2.05) is 19.2 Å². The highest BCUT2D eigenvalue weighted by Gasteiger charge is 2.44. The van der Waals surface area contributed by atoms with Crippen molar-refractivity contribution in [2.75, 3.05) is 23.4 Å². The van der Waals surface area contributed by atoms with Crippen LogP contribution in [-0.4, -0.2) is 69.6 Å². The fraction of sp³-hybridized carbons (Fsp3) is 0.407. The van der Waals surface area contributed by atoms with E-state index in [4.69, 9.17) is 4.98 Å². The summed E-state index contributed by atoms with van der Waals surface area (Å²) >= 11 is 1.53. The molecular formula is C27H30N6O4S2. The number of aliphatic hydroxyl groups is 2. The van der Waals surface area contributed by atoms with Gasteiger partial charge in [-0.25, -0.2) is 18.4 Å². The zero-order valence-corrected chi connectivity index (χ0v) is 23.2. The molecule has 0 amide bonds. The minimum atomic E-state index is -3.63. The molecule has 3 heterocycles. The van der Waals surface area contributed by atoms with Gasteiger partial charge in [-0.15, -0.1) is 11.3 Å². The van der Waals surface area contributed by atoms with E-state index in [9.17, 15) is 18.6 Å². The molecule has 4 aromatic rings. The summed E-state index contributed by atoms with van der Waals surface area (Å²) in [7, 11) is -1.91. The molecule has 12 heteroatoms. The van der Waals surface area contributed by atoms with Gasteiger partial charge in [0.15, 0.2) is 9.84 Å². The van der Waals surface area contributed by atoms with Crippen LogP contribution in [0.3, 0.4) is 0 Å². The number of nitrogens with one attached hydrogen (secondary N) is 2. The largest absolute Gasteiger partial charge is 0.390 e. The lowest BCUT2D eigenvalue weighted by atomic mass is 10.1. The van der Waals surface area contributed by atoms with Gasteiger partial charge in [0.05, 0.1) is 44.4 Å². The maximum Gasteiger partial charge on any atom is 0.224 e. The molecule has 2 aliphatic carbocycles. The van der Waals surface area contributed by atoms with Crippen LogP contribution in [0.2, 0.25) is 0 Å². The highest BCUT2D eigenvalue weighted by molar-refractivity contribution is 7.91. The number of aryl methyl sites for hydroxylation is 1. The van der Waals surface area contributed by atoms with Crippen molar-refractivity contribution in [3.63, 3.8) is 0 Å². The molecule has 0 spiro atoms. The Morgan fingerprint density at radius 2 is 1.82 bits per heavy atom. The first-order chi connectivity index (χ1) is 18.7. The Morgan fingerprint density at radius 1 is 1.05 bits per heavy atom. The van der Waals surface area contributed by atoms with Gasteiger partial charge in [0.25, 0.3) is 0 Å². The van der Waals surface area contributed by atoms with Gasteiger partial charge in [-0.3, -0.25) is 4.98 Å². The number of pyridine rings is 1. The molecule has 0 saturated heterocycles. The molecule has 204 valence electrons. The summed E-state index contributed by atoms with van der Waals surface area (Å²) in [5.74, 6) is 0.405. The van der Waals surface area contributed by atoms with E-state index in [0.717, 1.165) is 33.8 Å². The number of anilines is 2. The second-order valence-electron chi connectivity index (χ2n) is 10.3. The third-order valence-corrected chi connectivity index (χ3v) is 10.4.